The summed E-state index contributed by atoms with van der Waals surface area (Å²) in [6, 6.07) is 11.9. The van der Waals surface area contributed by atoms with Gasteiger partial charge in [-0.3, -0.25) is 4.79 Å². The number of hydrogen-bond donors (Lipinski definition) is 0. The van der Waals surface area contributed by atoms with Crippen molar-refractivity contribution in [1.82, 2.24) is 0 Å². The van der Waals surface area contributed by atoms with Gasteiger partial charge in [-0.25, -0.2) is 4.39 Å². The minimum Gasteiger partial charge on any atom is -0.298 e. The Balaban J connectivity index is 2.57. The quantitative estimate of drug-likeness (QED) is 0.698. The maximum atomic E-state index is 13.5. The van der Waals surface area contributed by atoms with Gasteiger partial charge in [0.15, 0.2) is 0 Å². The van der Waals surface area contributed by atoms with Crippen LogP contribution in [0.25, 0.3) is 11.1 Å². The van der Waals surface area contributed by atoms with E-state index >= 15 is 0 Å². The summed E-state index contributed by atoms with van der Waals surface area (Å²) in [6.07, 6.45) is 0.791. The summed E-state index contributed by atoms with van der Waals surface area (Å²) in [6.45, 7) is 1.86. The normalized spacial score (nSPS) is 10.1. The van der Waals surface area contributed by atoms with Crippen LogP contribution >= 0.6 is 0 Å². The first-order chi connectivity index (χ1) is 7.72. The third-order valence-electron chi connectivity index (χ3n) is 2.59. The van der Waals surface area contributed by atoms with Crippen molar-refractivity contribution in [3.05, 3.63) is 59.4 Å². The SMILES string of the molecule is Cc1ccc(-c2ccccc2F)cc1C=O. The largest absolute Gasteiger partial charge is 0.298 e. The second kappa shape index (κ2) is 4.27. The van der Waals surface area contributed by atoms with Gasteiger partial charge in [0.1, 0.15) is 12.1 Å². The van der Waals surface area contributed by atoms with E-state index in [0.29, 0.717) is 11.1 Å². The van der Waals surface area contributed by atoms with Crippen LogP contribution in [0.4, 0.5) is 4.39 Å². The van der Waals surface area contributed by atoms with E-state index in [1.54, 1.807) is 24.3 Å². The Hall–Kier alpha value is -1.96. The molecule has 0 amide bonds. The van der Waals surface area contributed by atoms with Gasteiger partial charge in [0, 0.05) is 11.1 Å². The highest BCUT2D eigenvalue weighted by Crippen LogP contribution is 2.24. The summed E-state index contributed by atoms with van der Waals surface area (Å²) in [4.78, 5) is 10.8. The smallest absolute Gasteiger partial charge is 0.150 e. The van der Waals surface area contributed by atoms with Crippen LogP contribution in [-0.2, 0) is 0 Å². The van der Waals surface area contributed by atoms with Crippen molar-refractivity contribution in [3.8, 4) is 11.1 Å². The van der Waals surface area contributed by atoms with E-state index in [9.17, 15) is 9.18 Å². The van der Waals surface area contributed by atoms with Gasteiger partial charge in [0.25, 0.3) is 0 Å². The lowest BCUT2D eigenvalue weighted by Gasteiger charge is -2.05. The average molecular weight is 214 g/mol. The Bertz CT molecular complexity index is 532. The monoisotopic (exact) mass is 214 g/mol. The van der Waals surface area contributed by atoms with Gasteiger partial charge in [0.05, 0.1) is 0 Å². The van der Waals surface area contributed by atoms with Crippen LogP contribution in [0.3, 0.4) is 0 Å². The molecular formula is C14H11FO. The molecule has 0 heterocycles. The Kier molecular flexibility index (Phi) is 2.82. The summed E-state index contributed by atoms with van der Waals surface area (Å²) < 4.78 is 13.5. The predicted octanol–water partition coefficient (Wildman–Crippen LogP) is 3.61. The fourth-order valence-electron chi connectivity index (χ4n) is 1.63. The van der Waals surface area contributed by atoms with Crippen LogP contribution in [0.15, 0.2) is 42.5 Å². The Morgan fingerprint density at radius 2 is 1.88 bits per heavy atom. The lowest BCUT2D eigenvalue weighted by Crippen LogP contribution is -1.89. The number of aryl methyl sites for hydroxylation is 1. The maximum absolute atomic E-state index is 13.5. The molecular weight excluding hydrogens is 203 g/mol. The highest BCUT2D eigenvalue weighted by atomic mass is 19.1. The van der Waals surface area contributed by atoms with Crippen molar-refractivity contribution < 1.29 is 9.18 Å². The number of hydrogen-bond acceptors (Lipinski definition) is 1. The number of carbonyl (C=O) groups is 1. The molecule has 0 aliphatic heterocycles. The standard InChI is InChI=1S/C14H11FO/c1-10-6-7-11(8-12(10)9-16)13-4-2-3-5-14(13)15/h2-9H,1H3. The van der Waals surface area contributed by atoms with Gasteiger partial charge in [-0.1, -0.05) is 30.3 Å². The molecule has 0 fully saturated rings. The zero-order chi connectivity index (χ0) is 11.5. The Morgan fingerprint density at radius 3 is 2.56 bits per heavy atom. The van der Waals surface area contributed by atoms with Gasteiger partial charge in [-0.05, 0) is 30.2 Å². The van der Waals surface area contributed by atoms with E-state index < -0.39 is 0 Å². The van der Waals surface area contributed by atoms with Crippen LogP contribution in [0, 0.1) is 12.7 Å². The van der Waals surface area contributed by atoms with Crippen LogP contribution in [0.2, 0.25) is 0 Å². The van der Waals surface area contributed by atoms with E-state index in [1.807, 2.05) is 19.1 Å². The van der Waals surface area contributed by atoms with E-state index in [0.717, 1.165) is 17.4 Å². The van der Waals surface area contributed by atoms with Gasteiger partial charge in [0.2, 0.25) is 0 Å². The van der Waals surface area contributed by atoms with E-state index in [-0.39, 0.29) is 5.82 Å². The predicted molar refractivity (Wildman–Crippen MR) is 62.0 cm³/mol. The van der Waals surface area contributed by atoms with Crippen LogP contribution in [-0.4, -0.2) is 6.29 Å². The summed E-state index contributed by atoms with van der Waals surface area (Å²) >= 11 is 0. The minimum absolute atomic E-state index is 0.275. The zero-order valence-electron chi connectivity index (χ0n) is 8.91. The molecule has 2 rings (SSSR count). The first-order valence-corrected chi connectivity index (χ1v) is 5.03. The van der Waals surface area contributed by atoms with Crippen molar-refractivity contribution in [1.29, 1.82) is 0 Å². The maximum Gasteiger partial charge on any atom is 0.150 e. The highest BCUT2D eigenvalue weighted by molar-refractivity contribution is 5.81. The molecule has 0 radical (unpaired) electrons. The summed E-state index contributed by atoms with van der Waals surface area (Å²) in [5.74, 6) is -0.275. The number of carbonyl (C=O) groups excluding carboxylic acids is 1. The van der Waals surface area contributed by atoms with Crippen molar-refractivity contribution in [2.24, 2.45) is 0 Å². The average Bonchev–Trinajstić information content (AvgIpc) is 2.31. The molecule has 0 aliphatic rings. The van der Waals surface area contributed by atoms with E-state index in [1.165, 1.54) is 6.07 Å². The van der Waals surface area contributed by atoms with Crippen molar-refractivity contribution in [3.63, 3.8) is 0 Å². The Morgan fingerprint density at radius 1 is 1.12 bits per heavy atom. The zero-order valence-corrected chi connectivity index (χ0v) is 8.91. The number of benzene rings is 2. The van der Waals surface area contributed by atoms with Crippen molar-refractivity contribution in [2.45, 2.75) is 6.92 Å². The molecule has 0 saturated heterocycles. The molecule has 16 heavy (non-hydrogen) atoms. The first-order valence-electron chi connectivity index (χ1n) is 5.03. The van der Waals surface area contributed by atoms with Crippen molar-refractivity contribution >= 4 is 6.29 Å². The summed E-state index contributed by atoms with van der Waals surface area (Å²) in [7, 11) is 0. The van der Waals surface area contributed by atoms with Crippen LogP contribution < -0.4 is 0 Å². The fourth-order valence-corrected chi connectivity index (χ4v) is 1.63. The van der Waals surface area contributed by atoms with E-state index in [2.05, 4.69) is 0 Å². The molecule has 2 heteroatoms. The second-order valence-corrected chi connectivity index (χ2v) is 3.67. The number of rotatable bonds is 2. The third kappa shape index (κ3) is 1.87. The third-order valence-corrected chi connectivity index (χ3v) is 2.59. The molecule has 80 valence electrons. The summed E-state index contributed by atoms with van der Waals surface area (Å²) in [5, 5.41) is 0. The summed E-state index contributed by atoms with van der Waals surface area (Å²) in [5.41, 5.74) is 2.74. The molecule has 0 spiro atoms. The molecule has 0 N–H and O–H groups in total. The van der Waals surface area contributed by atoms with Crippen molar-refractivity contribution in [2.75, 3.05) is 0 Å². The molecule has 0 atom stereocenters. The topological polar surface area (TPSA) is 17.1 Å². The molecule has 0 saturated carbocycles. The number of halogens is 1. The van der Waals surface area contributed by atoms with Crippen LogP contribution in [0.1, 0.15) is 15.9 Å². The van der Waals surface area contributed by atoms with Gasteiger partial charge < -0.3 is 0 Å². The minimum atomic E-state index is -0.275. The molecule has 0 aromatic heterocycles. The van der Waals surface area contributed by atoms with E-state index in [4.69, 9.17) is 0 Å². The number of aldehydes is 1. The lowest BCUT2D eigenvalue weighted by atomic mass is 10.00. The second-order valence-electron chi connectivity index (χ2n) is 3.67. The molecule has 0 unspecified atom stereocenters. The van der Waals surface area contributed by atoms with Gasteiger partial charge in [-0.15, -0.1) is 0 Å². The highest BCUT2D eigenvalue weighted by Gasteiger charge is 2.05. The molecule has 0 bridgehead atoms. The first kappa shape index (κ1) is 10.6. The molecule has 2 aromatic rings. The Labute approximate surface area is 93.5 Å². The van der Waals surface area contributed by atoms with Gasteiger partial charge >= 0.3 is 0 Å². The lowest BCUT2D eigenvalue weighted by molar-refractivity contribution is 0.112. The van der Waals surface area contributed by atoms with Crippen LogP contribution in [0.5, 0.6) is 0 Å². The van der Waals surface area contributed by atoms with Gasteiger partial charge in [-0.2, -0.15) is 0 Å². The molecule has 0 aliphatic carbocycles. The molecule has 2 aromatic carbocycles. The molecule has 1 nitrogen and oxygen atoms in total. The fraction of sp³-hybridized carbons (Fsp3) is 0.0714.